The lowest BCUT2D eigenvalue weighted by atomic mass is 10.0. The Morgan fingerprint density at radius 2 is 1.64 bits per heavy atom. The molecule has 8 heteroatoms. The van der Waals surface area contributed by atoms with Crippen molar-refractivity contribution in [3.63, 3.8) is 0 Å². The van der Waals surface area contributed by atoms with Crippen molar-refractivity contribution in [2.75, 3.05) is 0 Å². The van der Waals surface area contributed by atoms with E-state index in [0.717, 1.165) is 25.3 Å². The van der Waals surface area contributed by atoms with Gasteiger partial charge < -0.3 is 0 Å². The predicted molar refractivity (Wildman–Crippen MR) is 86.3 cm³/mol. The molecule has 6 nitrogen and oxygen atoms in total. The topological polar surface area (TPSA) is 106 Å². The molecule has 0 aliphatic heterocycles. The first kappa shape index (κ1) is 19.1. The van der Waals surface area contributed by atoms with Crippen molar-refractivity contribution in [3.8, 4) is 0 Å². The highest BCUT2D eigenvalue weighted by molar-refractivity contribution is 7.90. The second-order valence-electron chi connectivity index (χ2n) is 5.87. The Morgan fingerprint density at radius 1 is 1.05 bits per heavy atom. The Bertz CT molecular complexity index is 697. The maximum absolute atomic E-state index is 12.3. The summed E-state index contributed by atoms with van der Waals surface area (Å²) in [5.74, 6) is 0.579. The standard InChI is InChI=1S/C14H24N2O4S2/c1-11(2)6-4-7-12(3)16-22(19,20)14-9-5-8-13(10-14)21(15,17)18/h5,8-12,16H,4,6-7H2,1-3H3,(H2,15,17,18). The molecule has 0 aliphatic carbocycles. The molecule has 0 saturated carbocycles. The molecule has 3 N–H and O–H groups in total. The maximum Gasteiger partial charge on any atom is 0.240 e. The summed E-state index contributed by atoms with van der Waals surface area (Å²) in [5.41, 5.74) is 0. The molecule has 0 bridgehead atoms. The average molecular weight is 348 g/mol. The Labute approximate surface area is 133 Å². The van der Waals surface area contributed by atoms with Gasteiger partial charge in [0.05, 0.1) is 9.79 Å². The summed E-state index contributed by atoms with van der Waals surface area (Å²) in [7, 11) is -7.69. The van der Waals surface area contributed by atoms with Crippen LogP contribution in [0.1, 0.15) is 40.0 Å². The zero-order valence-corrected chi connectivity index (χ0v) is 14.7. The van der Waals surface area contributed by atoms with E-state index in [1.165, 1.54) is 18.2 Å². The smallest absolute Gasteiger partial charge is 0.225 e. The summed E-state index contributed by atoms with van der Waals surface area (Å²) < 4.78 is 49.7. The van der Waals surface area contributed by atoms with E-state index in [9.17, 15) is 16.8 Å². The largest absolute Gasteiger partial charge is 0.240 e. The van der Waals surface area contributed by atoms with Crippen LogP contribution in [0.3, 0.4) is 0 Å². The van der Waals surface area contributed by atoms with Crippen LogP contribution in [-0.2, 0) is 20.0 Å². The second-order valence-corrected chi connectivity index (χ2v) is 9.14. The first-order valence-electron chi connectivity index (χ1n) is 7.17. The molecule has 1 atom stereocenters. The number of nitrogens with one attached hydrogen (secondary N) is 1. The van der Waals surface area contributed by atoms with Crippen LogP contribution in [-0.4, -0.2) is 22.9 Å². The lowest BCUT2D eigenvalue weighted by Crippen LogP contribution is -2.32. The number of nitrogens with two attached hydrogens (primary N) is 1. The number of hydrogen-bond acceptors (Lipinski definition) is 4. The number of primary sulfonamides is 1. The molecular weight excluding hydrogens is 324 g/mol. The normalized spacial score (nSPS) is 14.2. The summed E-state index contributed by atoms with van der Waals surface area (Å²) in [4.78, 5) is -0.322. The van der Waals surface area contributed by atoms with Crippen molar-refractivity contribution in [1.82, 2.24) is 4.72 Å². The summed E-state index contributed by atoms with van der Waals surface area (Å²) in [6, 6.07) is 4.82. The van der Waals surface area contributed by atoms with Gasteiger partial charge in [-0.3, -0.25) is 0 Å². The van der Waals surface area contributed by atoms with Gasteiger partial charge in [-0.15, -0.1) is 0 Å². The van der Waals surface area contributed by atoms with Gasteiger partial charge in [-0.2, -0.15) is 0 Å². The van der Waals surface area contributed by atoms with E-state index < -0.39 is 20.0 Å². The molecule has 0 aliphatic rings. The molecule has 126 valence electrons. The van der Waals surface area contributed by atoms with E-state index in [0.29, 0.717) is 5.92 Å². The molecular formula is C14H24N2O4S2. The Balaban J connectivity index is 2.82. The zero-order chi connectivity index (χ0) is 17.0. The van der Waals surface area contributed by atoms with E-state index in [1.807, 2.05) is 0 Å². The minimum atomic E-state index is -3.93. The first-order chi connectivity index (χ1) is 10.0. The molecule has 0 fully saturated rings. The van der Waals surface area contributed by atoms with Crippen molar-refractivity contribution in [3.05, 3.63) is 24.3 Å². The van der Waals surface area contributed by atoms with Gasteiger partial charge in [-0.05, 0) is 37.5 Å². The van der Waals surface area contributed by atoms with Gasteiger partial charge in [-0.25, -0.2) is 26.7 Å². The lowest BCUT2D eigenvalue weighted by Gasteiger charge is -2.15. The highest BCUT2D eigenvalue weighted by atomic mass is 32.2. The van der Waals surface area contributed by atoms with Crippen LogP contribution in [0.2, 0.25) is 0 Å². The van der Waals surface area contributed by atoms with Crippen LogP contribution in [0, 0.1) is 5.92 Å². The lowest BCUT2D eigenvalue weighted by molar-refractivity contribution is 0.488. The minimum absolute atomic E-state index is 0.102. The van der Waals surface area contributed by atoms with Crippen LogP contribution in [0.25, 0.3) is 0 Å². The van der Waals surface area contributed by atoms with Gasteiger partial charge >= 0.3 is 0 Å². The summed E-state index contributed by atoms with van der Waals surface area (Å²) in [5, 5.41) is 5.02. The van der Waals surface area contributed by atoms with Crippen LogP contribution in [0.15, 0.2) is 34.1 Å². The summed E-state index contributed by atoms with van der Waals surface area (Å²) in [6.45, 7) is 6.03. The number of hydrogen-bond donors (Lipinski definition) is 2. The molecule has 0 radical (unpaired) electrons. The Kier molecular flexibility index (Phi) is 6.54. The highest BCUT2D eigenvalue weighted by Gasteiger charge is 2.19. The van der Waals surface area contributed by atoms with Gasteiger partial charge in [0.25, 0.3) is 0 Å². The fourth-order valence-corrected chi connectivity index (χ4v) is 4.00. The van der Waals surface area contributed by atoms with Crippen molar-refractivity contribution in [2.45, 2.75) is 55.9 Å². The average Bonchev–Trinajstić information content (AvgIpc) is 2.36. The van der Waals surface area contributed by atoms with Gasteiger partial charge in [-0.1, -0.05) is 32.8 Å². The highest BCUT2D eigenvalue weighted by Crippen LogP contribution is 2.16. The van der Waals surface area contributed by atoms with Gasteiger partial charge in [0.15, 0.2) is 0 Å². The molecule has 0 spiro atoms. The maximum atomic E-state index is 12.3. The number of sulfonamides is 2. The molecule has 0 heterocycles. The molecule has 0 amide bonds. The Hall–Kier alpha value is -0.960. The van der Waals surface area contributed by atoms with Gasteiger partial charge in [0.1, 0.15) is 0 Å². The van der Waals surface area contributed by atoms with Crippen LogP contribution < -0.4 is 9.86 Å². The van der Waals surface area contributed by atoms with Crippen LogP contribution in [0.5, 0.6) is 0 Å². The molecule has 1 rings (SSSR count). The van der Waals surface area contributed by atoms with E-state index in [-0.39, 0.29) is 15.8 Å². The zero-order valence-electron chi connectivity index (χ0n) is 13.1. The molecule has 1 aromatic rings. The molecule has 1 unspecified atom stereocenters. The molecule has 22 heavy (non-hydrogen) atoms. The third-order valence-electron chi connectivity index (χ3n) is 3.22. The second kappa shape index (κ2) is 7.54. The summed E-state index contributed by atoms with van der Waals surface area (Å²) >= 11 is 0. The fraction of sp³-hybridized carbons (Fsp3) is 0.571. The SMILES string of the molecule is CC(C)CCCC(C)NS(=O)(=O)c1cccc(S(N)(=O)=O)c1. The molecule has 1 aromatic carbocycles. The quantitative estimate of drug-likeness (QED) is 0.747. The van der Waals surface area contributed by atoms with Crippen LogP contribution in [0.4, 0.5) is 0 Å². The van der Waals surface area contributed by atoms with E-state index >= 15 is 0 Å². The van der Waals surface area contributed by atoms with Crippen molar-refractivity contribution >= 4 is 20.0 Å². The monoisotopic (exact) mass is 348 g/mol. The van der Waals surface area contributed by atoms with E-state index in [2.05, 4.69) is 18.6 Å². The predicted octanol–water partition coefficient (Wildman–Crippen LogP) is 1.83. The Morgan fingerprint density at radius 3 is 2.18 bits per heavy atom. The van der Waals surface area contributed by atoms with Gasteiger partial charge in [0.2, 0.25) is 20.0 Å². The van der Waals surface area contributed by atoms with Crippen molar-refractivity contribution < 1.29 is 16.8 Å². The van der Waals surface area contributed by atoms with Crippen molar-refractivity contribution in [2.24, 2.45) is 11.1 Å². The fourth-order valence-electron chi connectivity index (χ4n) is 2.04. The van der Waals surface area contributed by atoms with E-state index in [1.54, 1.807) is 6.92 Å². The first-order valence-corrected chi connectivity index (χ1v) is 10.2. The van der Waals surface area contributed by atoms with Crippen LogP contribution >= 0.6 is 0 Å². The minimum Gasteiger partial charge on any atom is -0.225 e. The number of rotatable bonds is 8. The van der Waals surface area contributed by atoms with E-state index in [4.69, 9.17) is 5.14 Å². The third kappa shape index (κ3) is 6.04. The third-order valence-corrected chi connectivity index (χ3v) is 5.72. The molecule has 0 saturated heterocycles. The summed E-state index contributed by atoms with van der Waals surface area (Å²) in [6.07, 6.45) is 2.69. The molecule has 0 aromatic heterocycles. The van der Waals surface area contributed by atoms with Gasteiger partial charge in [0, 0.05) is 6.04 Å². The van der Waals surface area contributed by atoms with Crippen molar-refractivity contribution in [1.29, 1.82) is 0 Å². The number of benzene rings is 1.